The highest BCUT2D eigenvalue weighted by atomic mass is 16.4. The van der Waals surface area contributed by atoms with Gasteiger partial charge in [-0.1, -0.05) is 18.2 Å². The molecule has 29 heavy (non-hydrogen) atoms. The van der Waals surface area contributed by atoms with Gasteiger partial charge in [-0.3, -0.25) is 9.48 Å². The first kappa shape index (κ1) is 19.1. The largest absolute Gasteiger partial charge is 0.478 e. The van der Waals surface area contributed by atoms with Crippen LogP contribution in [0.25, 0.3) is 11.0 Å². The first-order valence-electron chi connectivity index (χ1n) is 9.76. The van der Waals surface area contributed by atoms with Gasteiger partial charge in [0.25, 0.3) is 5.91 Å². The lowest BCUT2D eigenvalue weighted by Crippen LogP contribution is -2.29. The van der Waals surface area contributed by atoms with Crippen LogP contribution in [0, 0.1) is 19.8 Å². The minimum Gasteiger partial charge on any atom is -0.478 e. The number of carbonyl (C=O) groups excluding carboxylic acids is 1. The number of carboxylic acid groups (broad SMARTS) is 1. The third kappa shape index (κ3) is 3.48. The maximum atomic E-state index is 13.3. The number of hydrogen-bond donors (Lipinski definition) is 1. The van der Waals surface area contributed by atoms with Crippen LogP contribution in [0.5, 0.6) is 0 Å². The highest BCUT2D eigenvalue weighted by Crippen LogP contribution is 2.27. The van der Waals surface area contributed by atoms with Gasteiger partial charge >= 0.3 is 5.97 Å². The molecule has 0 radical (unpaired) electrons. The van der Waals surface area contributed by atoms with E-state index in [9.17, 15) is 14.7 Å². The number of likely N-dealkylation sites (tertiary alicyclic amines) is 1. The monoisotopic (exact) mass is 392 g/mol. The van der Waals surface area contributed by atoms with Gasteiger partial charge in [0, 0.05) is 25.8 Å². The molecule has 0 bridgehead atoms. The van der Waals surface area contributed by atoms with Gasteiger partial charge in [-0.15, -0.1) is 0 Å². The van der Waals surface area contributed by atoms with E-state index in [4.69, 9.17) is 0 Å². The highest BCUT2D eigenvalue weighted by Gasteiger charge is 2.30. The molecule has 1 atom stereocenters. The van der Waals surface area contributed by atoms with Gasteiger partial charge in [-0.2, -0.15) is 5.10 Å². The van der Waals surface area contributed by atoms with Crippen LogP contribution in [0.15, 0.2) is 30.3 Å². The quantitative estimate of drug-likeness (QED) is 0.737. The lowest BCUT2D eigenvalue weighted by Gasteiger charge is -2.18. The standard InChI is InChI=1S/C22H24N4O3/c1-13-10-18(19-14(2)24-25(3)20(19)23-13)21(27)26-9-8-15(12-26)11-16-6-4-5-7-17(16)22(28)29/h4-7,10,15H,8-9,11-12H2,1-3H3,(H,28,29). The zero-order valence-corrected chi connectivity index (χ0v) is 16.8. The number of hydrogen-bond acceptors (Lipinski definition) is 4. The van der Waals surface area contributed by atoms with E-state index in [2.05, 4.69) is 10.1 Å². The predicted octanol–water partition coefficient (Wildman–Crippen LogP) is 2.99. The summed E-state index contributed by atoms with van der Waals surface area (Å²) in [4.78, 5) is 31.2. The first-order chi connectivity index (χ1) is 13.8. The van der Waals surface area contributed by atoms with Crippen molar-refractivity contribution in [3.8, 4) is 0 Å². The lowest BCUT2D eigenvalue weighted by atomic mass is 9.95. The third-order valence-corrected chi connectivity index (χ3v) is 5.66. The number of fused-ring (bicyclic) bond motifs is 1. The number of pyridine rings is 1. The van der Waals surface area contributed by atoms with Gasteiger partial charge in [-0.05, 0) is 50.3 Å². The average Bonchev–Trinajstić information content (AvgIpc) is 3.25. The van der Waals surface area contributed by atoms with Crippen molar-refractivity contribution in [2.45, 2.75) is 26.7 Å². The van der Waals surface area contributed by atoms with Crippen LogP contribution >= 0.6 is 0 Å². The number of nitrogens with zero attached hydrogens (tertiary/aromatic N) is 4. The number of benzene rings is 1. The van der Waals surface area contributed by atoms with Crippen molar-refractivity contribution in [2.24, 2.45) is 13.0 Å². The molecule has 0 aliphatic carbocycles. The van der Waals surface area contributed by atoms with E-state index in [0.29, 0.717) is 30.6 Å². The molecule has 0 spiro atoms. The molecule has 7 heteroatoms. The average molecular weight is 392 g/mol. The maximum absolute atomic E-state index is 13.3. The summed E-state index contributed by atoms with van der Waals surface area (Å²) < 4.78 is 1.71. The van der Waals surface area contributed by atoms with Gasteiger partial charge in [-0.25, -0.2) is 9.78 Å². The van der Waals surface area contributed by atoms with Gasteiger partial charge in [0.1, 0.15) is 0 Å². The molecule has 1 amide bonds. The zero-order valence-electron chi connectivity index (χ0n) is 16.8. The van der Waals surface area contributed by atoms with Crippen molar-refractivity contribution in [3.63, 3.8) is 0 Å². The minimum absolute atomic E-state index is 0.00869. The normalized spacial score (nSPS) is 16.5. The number of aryl methyl sites for hydroxylation is 3. The summed E-state index contributed by atoms with van der Waals surface area (Å²) in [5.74, 6) is -0.674. The molecule has 150 valence electrons. The predicted molar refractivity (Wildman–Crippen MR) is 109 cm³/mol. The van der Waals surface area contributed by atoms with Crippen LogP contribution < -0.4 is 0 Å². The van der Waals surface area contributed by atoms with Gasteiger partial charge in [0.05, 0.1) is 22.2 Å². The van der Waals surface area contributed by atoms with Crippen LogP contribution in [0.3, 0.4) is 0 Å². The molecule has 4 rings (SSSR count). The number of rotatable bonds is 4. The Bertz CT molecular complexity index is 1120. The van der Waals surface area contributed by atoms with Crippen molar-refractivity contribution >= 4 is 22.9 Å². The molecule has 2 aromatic heterocycles. The fraction of sp³-hybridized carbons (Fsp3) is 0.364. The Hall–Kier alpha value is -3.22. The first-order valence-corrected chi connectivity index (χ1v) is 9.76. The molecule has 1 fully saturated rings. The van der Waals surface area contributed by atoms with Crippen molar-refractivity contribution in [3.05, 3.63) is 58.4 Å². The topological polar surface area (TPSA) is 88.3 Å². The van der Waals surface area contributed by atoms with E-state index in [1.807, 2.05) is 44.0 Å². The number of aromatic carboxylic acids is 1. The van der Waals surface area contributed by atoms with Gasteiger partial charge in [0.2, 0.25) is 0 Å². The Morgan fingerprint density at radius 1 is 1.21 bits per heavy atom. The maximum Gasteiger partial charge on any atom is 0.335 e. The fourth-order valence-electron chi connectivity index (χ4n) is 4.31. The summed E-state index contributed by atoms with van der Waals surface area (Å²) in [6.45, 7) is 5.07. The molecule has 0 saturated carbocycles. The van der Waals surface area contributed by atoms with E-state index in [0.717, 1.165) is 34.4 Å². The minimum atomic E-state index is -0.909. The van der Waals surface area contributed by atoms with E-state index in [1.165, 1.54) is 0 Å². The molecule has 1 N–H and O–H groups in total. The highest BCUT2D eigenvalue weighted by molar-refractivity contribution is 6.06. The van der Waals surface area contributed by atoms with Crippen LogP contribution in [0.1, 0.15) is 44.1 Å². The molecule has 1 saturated heterocycles. The third-order valence-electron chi connectivity index (χ3n) is 5.66. The van der Waals surface area contributed by atoms with Crippen LogP contribution in [-0.4, -0.2) is 49.7 Å². The smallest absolute Gasteiger partial charge is 0.335 e. The van der Waals surface area contributed by atoms with Crippen molar-refractivity contribution in [1.82, 2.24) is 19.7 Å². The van der Waals surface area contributed by atoms with Crippen LogP contribution in [0.4, 0.5) is 0 Å². The number of carboxylic acids is 1. The van der Waals surface area contributed by atoms with E-state index >= 15 is 0 Å². The molecular weight excluding hydrogens is 368 g/mol. The second kappa shape index (κ2) is 7.31. The summed E-state index contributed by atoms with van der Waals surface area (Å²) in [5.41, 5.74) is 4.11. The number of aromatic nitrogens is 3. The Kier molecular flexibility index (Phi) is 4.82. The summed E-state index contributed by atoms with van der Waals surface area (Å²) in [6, 6.07) is 8.94. The molecule has 3 heterocycles. The van der Waals surface area contributed by atoms with E-state index < -0.39 is 5.97 Å². The van der Waals surface area contributed by atoms with Crippen molar-refractivity contribution in [1.29, 1.82) is 0 Å². The Morgan fingerprint density at radius 2 is 1.97 bits per heavy atom. The molecule has 1 aliphatic rings. The Labute approximate surface area is 169 Å². The molecular formula is C22H24N4O3. The second-order valence-electron chi connectivity index (χ2n) is 7.79. The summed E-state index contributed by atoms with van der Waals surface area (Å²) in [7, 11) is 1.84. The zero-order chi connectivity index (χ0) is 20.7. The molecule has 7 nitrogen and oxygen atoms in total. The van der Waals surface area contributed by atoms with Crippen LogP contribution in [-0.2, 0) is 13.5 Å². The van der Waals surface area contributed by atoms with Crippen molar-refractivity contribution < 1.29 is 14.7 Å². The number of carbonyl (C=O) groups is 2. The van der Waals surface area contributed by atoms with Gasteiger partial charge in [0.15, 0.2) is 5.65 Å². The SMILES string of the molecule is Cc1cc(C(=O)N2CCC(Cc3ccccc3C(=O)O)C2)c2c(C)nn(C)c2n1. The molecule has 1 aliphatic heterocycles. The fourth-order valence-corrected chi connectivity index (χ4v) is 4.31. The molecule has 1 aromatic carbocycles. The summed E-state index contributed by atoms with van der Waals surface area (Å²) >= 11 is 0. The van der Waals surface area contributed by atoms with Crippen molar-refractivity contribution in [2.75, 3.05) is 13.1 Å². The second-order valence-corrected chi connectivity index (χ2v) is 7.79. The Morgan fingerprint density at radius 3 is 2.72 bits per heavy atom. The van der Waals surface area contributed by atoms with Gasteiger partial charge < -0.3 is 10.0 Å². The van der Waals surface area contributed by atoms with E-state index in [1.54, 1.807) is 16.8 Å². The van der Waals surface area contributed by atoms with E-state index in [-0.39, 0.29) is 11.8 Å². The molecule has 3 aromatic rings. The summed E-state index contributed by atoms with van der Waals surface area (Å²) in [6.07, 6.45) is 1.52. The lowest BCUT2D eigenvalue weighted by molar-refractivity contribution is 0.0694. The number of amides is 1. The summed E-state index contributed by atoms with van der Waals surface area (Å²) in [5, 5.41) is 14.6. The Balaban J connectivity index is 1.57. The van der Waals surface area contributed by atoms with Crippen LogP contribution in [0.2, 0.25) is 0 Å². The molecule has 1 unspecified atom stereocenters.